The maximum absolute atomic E-state index is 13.6. The summed E-state index contributed by atoms with van der Waals surface area (Å²) in [6.07, 6.45) is 9.25. The largest absolute Gasteiger partial charge is 0.496 e. The fourth-order valence-corrected chi connectivity index (χ4v) is 5.77. The number of ketones is 2. The zero-order chi connectivity index (χ0) is 24.9. The molecule has 2 unspecified atom stereocenters. The van der Waals surface area contributed by atoms with E-state index in [-0.39, 0.29) is 17.6 Å². The molecular weight excluding hydrogens is 438 g/mol. The minimum atomic E-state index is -0.0779. The Hall–Kier alpha value is -2.63. The number of Topliss-reactive ketones (excluding diaryl/α,β-unsaturated/α-hetero) is 2. The SMILES string of the molecule is CCC1CCc2nc(NC3CCCCC3)n(Cc3ccc(OC)c(C)c3)c2C(=O)CCC(C)C1=O. The van der Waals surface area contributed by atoms with E-state index in [4.69, 9.17) is 9.72 Å². The quantitative estimate of drug-likeness (QED) is 0.539. The molecule has 190 valence electrons. The molecule has 0 saturated heterocycles. The van der Waals surface area contributed by atoms with Gasteiger partial charge in [0.05, 0.1) is 19.3 Å². The van der Waals surface area contributed by atoms with Crippen molar-refractivity contribution in [2.24, 2.45) is 11.8 Å². The van der Waals surface area contributed by atoms with Crippen molar-refractivity contribution in [1.29, 1.82) is 0 Å². The lowest BCUT2D eigenvalue weighted by Crippen LogP contribution is -2.26. The summed E-state index contributed by atoms with van der Waals surface area (Å²) in [5.41, 5.74) is 3.77. The summed E-state index contributed by atoms with van der Waals surface area (Å²) in [5, 5.41) is 3.71. The normalized spacial score (nSPS) is 22.1. The highest BCUT2D eigenvalue weighted by atomic mass is 16.5. The predicted octanol–water partition coefficient (Wildman–Crippen LogP) is 6.13. The van der Waals surface area contributed by atoms with Gasteiger partial charge in [-0.25, -0.2) is 4.98 Å². The van der Waals surface area contributed by atoms with E-state index in [1.807, 2.05) is 19.9 Å². The molecule has 4 rings (SSSR count). The van der Waals surface area contributed by atoms with Crippen LogP contribution in [0.15, 0.2) is 18.2 Å². The first-order chi connectivity index (χ1) is 16.9. The Bertz CT molecular complexity index is 1050. The van der Waals surface area contributed by atoms with Crippen LogP contribution in [0.2, 0.25) is 0 Å². The summed E-state index contributed by atoms with van der Waals surface area (Å²) in [6.45, 7) is 6.70. The number of ether oxygens (including phenoxy) is 1. The highest BCUT2D eigenvalue weighted by molar-refractivity contribution is 5.97. The Balaban J connectivity index is 1.73. The number of carbonyl (C=O) groups is 2. The minimum Gasteiger partial charge on any atom is -0.496 e. The Morgan fingerprint density at radius 3 is 2.54 bits per heavy atom. The van der Waals surface area contributed by atoms with Gasteiger partial charge in [-0.1, -0.05) is 45.2 Å². The van der Waals surface area contributed by atoms with Crippen LogP contribution in [0.25, 0.3) is 0 Å². The number of aromatic nitrogens is 2. The van der Waals surface area contributed by atoms with Gasteiger partial charge in [-0.05, 0) is 62.6 Å². The topological polar surface area (TPSA) is 73.2 Å². The number of nitrogens with zero attached hydrogens (tertiary/aromatic N) is 2. The number of aryl methyl sites for hydroxylation is 2. The van der Waals surface area contributed by atoms with Gasteiger partial charge >= 0.3 is 0 Å². The average molecular weight is 480 g/mol. The van der Waals surface area contributed by atoms with Crippen LogP contribution in [0.1, 0.15) is 98.9 Å². The van der Waals surface area contributed by atoms with Gasteiger partial charge in [-0.15, -0.1) is 0 Å². The van der Waals surface area contributed by atoms with Crippen LogP contribution < -0.4 is 10.1 Å². The van der Waals surface area contributed by atoms with E-state index in [9.17, 15) is 9.59 Å². The van der Waals surface area contributed by atoms with Crippen LogP contribution in [0.4, 0.5) is 5.95 Å². The molecule has 0 amide bonds. The first kappa shape index (κ1) is 25.5. The number of nitrogens with one attached hydrogen (secondary N) is 1. The van der Waals surface area contributed by atoms with Gasteiger partial charge in [-0.3, -0.25) is 9.59 Å². The fraction of sp³-hybridized carbons (Fsp3) is 0.621. The summed E-state index contributed by atoms with van der Waals surface area (Å²) in [6, 6.07) is 6.59. The molecule has 2 aliphatic rings. The van der Waals surface area contributed by atoms with Gasteiger partial charge in [0.25, 0.3) is 0 Å². The van der Waals surface area contributed by atoms with Gasteiger partial charge in [0.15, 0.2) is 5.78 Å². The van der Waals surface area contributed by atoms with E-state index in [0.717, 1.165) is 59.9 Å². The molecule has 0 aliphatic heterocycles. The number of hydrogen-bond donors (Lipinski definition) is 1. The molecule has 1 aromatic carbocycles. The van der Waals surface area contributed by atoms with Crippen molar-refractivity contribution in [3.05, 3.63) is 40.7 Å². The van der Waals surface area contributed by atoms with Gasteiger partial charge in [0.2, 0.25) is 5.95 Å². The molecule has 35 heavy (non-hydrogen) atoms. The fourth-order valence-electron chi connectivity index (χ4n) is 5.77. The molecule has 2 atom stereocenters. The van der Waals surface area contributed by atoms with E-state index in [1.165, 1.54) is 19.3 Å². The predicted molar refractivity (Wildman–Crippen MR) is 139 cm³/mol. The van der Waals surface area contributed by atoms with Crippen molar-refractivity contribution in [2.75, 3.05) is 12.4 Å². The van der Waals surface area contributed by atoms with Crippen LogP contribution in [0.5, 0.6) is 5.75 Å². The molecule has 1 saturated carbocycles. The van der Waals surface area contributed by atoms with E-state index in [0.29, 0.717) is 37.6 Å². The summed E-state index contributed by atoms with van der Waals surface area (Å²) >= 11 is 0. The van der Waals surface area contributed by atoms with Gasteiger partial charge in [0.1, 0.15) is 17.2 Å². The number of benzene rings is 1. The second kappa shape index (κ2) is 11.4. The molecule has 0 bridgehead atoms. The third kappa shape index (κ3) is 5.79. The molecule has 1 heterocycles. The van der Waals surface area contributed by atoms with Crippen molar-refractivity contribution in [2.45, 2.75) is 97.6 Å². The lowest BCUT2D eigenvalue weighted by atomic mass is 9.84. The highest BCUT2D eigenvalue weighted by Crippen LogP contribution is 2.30. The number of rotatable bonds is 6. The summed E-state index contributed by atoms with van der Waals surface area (Å²) < 4.78 is 7.56. The molecule has 0 spiro atoms. The zero-order valence-electron chi connectivity index (χ0n) is 21.9. The van der Waals surface area contributed by atoms with Crippen molar-refractivity contribution < 1.29 is 14.3 Å². The first-order valence-electron chi connectivity index (χ1n) is 13.5. The number of hydrogen-bond acceptors (Lipinski definition) is 5. The lowest BCUT2D eigenvalue weighted by Gasteiger charge is -2.24. The zero-order valence-corrected chi connectivity index (χ0v) is 21.9. The third-order valence-corrected chi connectivity index (χ3v) is 7.96. The number of carbonyl (C=O) groups excluding carboxylic acids is 2. The van der Waals surface area contributed by atoms with Crippen LogP contribution in [-0.2, 0) is 17.8 Å². The molecule has 1 aromatic heterocycles. The molecule has 0 radical (unpaired) electrons. The number of anilines is 1. The summed E-state index contributed by atoms with van der Waals surface area (Å²) in [4.78, 5) is 31.5. The molecule has 2 aliphatic carbocycles. The summed E-state index contributed by atoms with van der Waals surface area (Å²) in [5.74, 6) is 2.03. The second-order valence-electron chi connectivity index (χ2n) is 10.5. The van der Waals surface area contributed by atoms with E-state index in [1.54, 1.807) is 7.11 Å². The minimum absolute atomic E-state index is 0.0372. The first-order valence-corrected chi connectivity index (χ1v) is 13.5. The van der Waals surface area contributed by atoms with Crippen molar-refractivity contribution in [3.8, 4) is 5.75 Å². The average Bonchev–Trinajstić information content (AvgIpc) is 3.19. The molecular formula is C29H41N3O3. The Morgan fingerprint density at radius 1 is 1.09 bits per heavy atom. The molecule has 1 fully saturated rings. The number of fused-ring (bicyclic) bond motifs is 1. The van der Waals surface area contributed by atoms with Gasteiger partial charge in [-0.2, -0.15) is 0 Å². The Kier molecular flexibility index (Phi) is 8.30. The van der Waals surface area contributed by atoms with Crippen LogP contribution in [0, 0.1) is 18.8 Å². The van der Waals surface area contributed by atoms with Crippen LogP contribution in [-0.4, -0.2) is 34.3 Å². The van der Waals surface area contributed by atoms with E-state index >= 15 is 0 Å². The number of imidazole rings is 1. The molecule has 1 N–H and O–H groups in total. The van der Waals surface area contributed by atoms with Crippen molar-refractivity contribution in [3.63, 3.8) is 0 Å². The lowest BCUT2D eigenvalue weighted by molar-refractivity contribution is -0.126. The van der Waals surface area contributed by atoms with Crippen LogP contribution >= 0.6 is 0 Å². The smallest absolute Gasteiger partial charge is 0.204 e. The summed E-state index contributed by atoms with van der Waals surface area (Å²) in [7, 11) is 1.69. The maximum Gasteiger partial charge on any atom is 0.204 e. The van der Waals surface area contributed by atoms with Gasteiger partial charge in [0, 0.05) is 24.3 Å². The molecule has 6 heteroatoms. The monoisotopic (exact) mass is 479 g/mol. The van der Waals surface area contributed by atoms with Crippen LogP contribution in [0.3, 0.4) is 0 Å². The highest BCUT2D eigenvalue weighted by Gasteiger charge is 2.30. The molecule has 6 nitrogen and oxygen atoms in total. The molecule has 2 aromatic rings. The third-order valence-electron chi connectivity index (χ3n) is 7.96. The second-order valence-corrected chi connectivity index (χ2v) is 10.5. The standard InChI is InChI=1S/C29H41N3O3/c1-5-22-13-14-24-27(25(33)15-11-19(2)28(22)34)32(18-21-12-16-26(35-4)20(3)17-21)29(31-24)30-23-9-7-6-8-10-23/h12,16-17,19,22-23H,5-11,13-15,18H2,1-4H3,(H,30,31). The Morgan fingerprint density at radius 2 is 1.86 bits per heavy atom. The van der Waals surface area contributed by atoms with Gasteiger partial charge < -0.3 is 14.6 Å². The Labute approximate surface area is 209 Å². The number of methoxy groups -OCH3 is 1. The maximum atomic E-state index is 13.6. The van der Waals surface area contributed by atoms with E-state index < -0.39 is 0 Å². The van der Waals surface area contributed by atoms with Crippen molar-refractivity contribution in [1.82, 2.24) is 9.55 Å². The van der Waals surface area contributed by atoms with E-state index in [2.05, 4.69) is 28.9 Å². The van der Waals surface area contributed by atoms with Crippen molar-refractivity contribution >= 4 is 17.5 Å².